The largest absolute Gasteiger partial charge is 0.448 e. The number of nitro benzene ring substituents is 1. The third-order valence-corrected chi connectivity index (χ3v) is 7.57. The minimum atomic E-state index is -4.74. The molecule has 2 aromatic carbocycles. The van der Waals surface area contributed by atoms with Crippen LogP contribution < -0.4 is 20.0 Å². The summed E-state index contributed by atoms with van der Waals surface area (Å²) in [5.74, 6) is 1.17. The lowest BCUT2D eigenvalue weighted by Gasteiger charge is -2.27. The highest BCUT2D eigenvalue weighted by Crippen LogP contribution is 2.42. The fraction of sp³-hybridized carbons (Fsp3) is 0.360. The van der Waals surface area contributed by atoms with Crippen LogP contribution in [0.1, 0.15) is 24.0 Å². The summed E-state index contributed by atoms with van der Waals surface area (Å²) < 4.78 is 51.0. The van der Waals surface area contributed by atoms with Crippen molar-refractivity contribution in [2.75, 3.05) is 54.6 Å². The van der Waals surface area contributed by atoms with Gasteiger partial charge in [0.05, 0.1) is 38.9 Å². The van der Waals surface area contributed by atoms with Crippen molar-refractivity contribution < 1.29 is 27.6 Å². The molecule has 42 heavy (non-hydrogen) atoms. The van der Waals surface area contributed by atoms with Crippen molar-refractivity contribution in [2.45, 2.75) is 19.0 Å². The van der Waals surface area contributed by atoms with Gasteiger partial charge < -0.3 is 19.3 Å². The Bertz CT molecular complexity index is 1480. The first-order valence-corrected chi connectivity index (χ1v) is 14.3. The van der Waals surface area contributed by atoms with Gasteiger partial charge in [-0.15, -0.1) is 0 Å². The first-order valence-electron chi connectivity index (χ1n) is 12.7. The summed E-state index contributed by atoms with van der Waals surface area (Å²) in [6.45, 7) is 4.22. The summed E-state index contributed by atoms with van der Waals surface area (Å²) in [5, 5.41) is 15.7. The van der Waals surface area contributed by atoms with E-state index in [-0.39, 0.29) is 17.4 Å². The standard InChI is InChI=1S/C25H23Br2F3N8O4/c26-17-11-15(12-18(27)21(17)42-20-4-3-16(25(28,29)30)13-19(20)38(39)40)14-31-35-22-32-23(36-5-1-2-6-36)34-24(33-22)37-7-9-41-10-8-37/h3-4,11-14H,1-2,5-10H2,(H,32,33,34,35)/b31-14-. The maximum absolute atomic E-state index is 13.1. The average Bonchev–Trinajstić information content (AvgIpc) is 3.50. The van der Waals surface area contributed by atoms with Crippen molar-refractivity contribution in [1.82, 2.24) is 15.0 Å². The molecule has 0 saturated carbocycles. The van der Waals surface area contributed by atoms with Crippen LogP contribution in [0.3, 0.4) is 0 Å². The number of benzene rings is 2. The second-order valence-corrected chi connectivity index (χ2v) is 11.0. The number of hydrogen-bond donors (Lipinski definition) is 1. The fourth-order valence-corrected chi connectivity index (χ4v) is 5.70. The number of morpholine rings is 1. The zero-order valence-electron chi connectivity index (χ0n) is 21.8. The molecule has 0 atom stereocenters. The van der Waals surface area contributed by atoms with Gasteiger partial charge in [-0.3, -0.25) is 10.1 Å². The molecule has 2 aliphatic rings. The van der Waals surface area contributed by atoms with E-state index in [1.807, 2.05) is 4.90 Å². The maximum atomic E-state index is 13.1. The normalized spacial score (nSPS) is 15.8. The zero-order chi connectivity index (χ0) is 29.9. The van der Waals surface area contributed by atoms with Crippen molar-refractivity contribution in [3.8, 4) is 11.5 Å². The molecule has 222 valence electrons. The molecule has 1 aromatic heterocycles. The predicted molar refractivity (Wildman–Crippen MR) is 156 cm³/mol. The number of halogens is 5. The average molecular weight is 716 g/mol. The van der Waals surface area contributed by atoms with Gasteiger partial charge in [-0.25, -0.2) is 5.43 Å². The number of ether oxygens (including phenoxy) is 2. The summed E-state index contributed by atoms with van der Waals surface area (Å²) in [5.41, 5.74) is 1.49. The van der Waals surface area contributed by atoms with Crippen molar-refractivity contribution in [1.29, 1.82) is 0 Å². The second-order valence-electron chi connectivity index (χ2n) is 9.28. The Morgan fingerprint density at radius 2 is 1.62 bits per heavy atom. The Balaban J connectivity index is 1.34. The Morgan fingerprint density at radius 1 is 1.00 bits per heavy atom. The number of nitro groups is 1. The van der Waals surface area contributed by atoms with E-state index in [0.29, 0.717) is 58.8 Å². The van der Waals surface area contributed by atoms with E-state index in [2.05, 4.69) is 62.2 Å². The third-order valence-electron chi connectivity index (χ3n) is 6.39. The van der Waals surface area contributed by atoms with E-state index >= 15 is 0 Å². The Hall–Kier alpha value is -3.57. The number of nitrogens with zero attached hydrogens (tertiary/aromatic N) is 7. The van der Waals surface area contributed by atoms with Crippen molar-refractivity contribution in [2.24, 2.45) is 5.10 Å². The highest BCUT2D eigenvalue weighted by Gasteiger charge is 2.33. The lowest BCUT2D eigenvalue weighted by atomic mass is 10.2. The lowest BCUT2D eigenvalue weighted by molar-refractivity contribution is -0.385. The fourth-order valence-electron chi connectivity index (χ4n) is 4.32. The van der Waals surface area contributed by atoms with Crippen LogP contribution in [0.5, 0.6) is 11.5 Å². The molecule has 17 heteroatoms. The van der Waals surface area contributed by atoms with E-state index in [1.165, 1.54) is 6.21 Å². The van der Waals surface area contributed by atoms with Crippen LogP contribution >= 0.6 is 31.9 Å². The summed E-state index contributed by atoms with van der Waals surface area (Å²) >= 11 is 6.72. The van der Waals surface area contributed by atoms with Gasteiger partial charge in [-0.1, -0.05) is 0 Å². The number of anilines is 3. The van der Waals surface area contributed by atoms with Crippen LogP contribution in [0, 0.1) is 10.1 Å². The Morgan fingerprint density at radius 3 is 2.21 bits per heavy atom. The molecular weight excluding hydrogens is 693 g/mol. The maximum Gasteiger partial charge on any atom is 0.416 e. The molecule has 5 rings (SSSR count). The van der Waals surface area contributed by atoms with Gasteiger partial charge in [0.1, 0.15) is 0 Å². The number of alkyl halides is 3. The van der Waals surface area contributed by atoms with Gasteiger partial charge in [-0.2, -0.15) is 33.2 Å². The number of hydrogen-bond acceptors (Lipinski definition) is 11. The van der Waals surface area contributed by atoms with Gasteiger partial charge in [0.2, 0.25) is 23.6 Å². The number of nitrogens with one attached hydrogen (secondary N) is 1. The molecule has 2 aliphatic heterocycles. The van der Waals surface area contributed by atoms with Crippen LogP contribution in [0.25, 0.3) is 0 Å². The molecule has 2 saturated heterocycles. The van der Waals surface area contributed by atoms with Gasteiger partial charge in [-0.05, 0) is 74.5 Å². The van der Waals surface area contributed by atoms with Crippen molar-refractivity contribution >= 4 is 61.6 Å². The van der Waals surface area contributed by atoms with Crippen molar-refractivity contribution in [3.63, 3.8) is 0 Å². The molecule has 0 radical (unpaired) electrons. The minimum Gasteiger partial charge on any atom is -0.448 e. The van der Waals surface area contributed by atoms with E-state index in [9.17, 15) is 23.3 Å². The topological polar surface area (TPSA) is 131 Å². The summed E-state index contributed by atoms with van der Waals surface area (Å²) in [4.78, 5) is 28.4. The summed E-state index contributed by atoms with van der Waals surface area (Å²) in [7, 11) is 0. The number of aromatic nitrogens is 3. The Labute approximate surface area is 254 Å². The second kappa shape index (κ2) is 12.7. The summed E-state index contributed by atoms with van der Waals surface area (Å²) in [6, 6.07) is 5.32. The van der Waals surface area contributed by atoms with Gasteiger partial charge >= 0.3 is 11.9 Å². The lowest BCUT2D eigenvalue weighted by Crippen LogP contribution is -2.38. The first-order chi connectivity index (χ1) is 20.1. The SMILES string of the molecule is O=[N+]([O-])c1cc(C(F)(F)F)ccc1Oc1c(Br)cc(/C=N\Nc2nc(N3CCCC3)nc(N3CCOCC3)n2)cc1Br. The molecular formula is C25H23Br2F3N8O4. The van der Waals surface area contributed by atoms with E-state index in [0.717, 1.165) is 38.1 Å². The summed E-state index contributed by atoms with van der Waals surface area (Å²) in [6.07, 6.45) is -1.10. The first kappa shape index (κ1) is 29.9. The Kier molecular flexibility index (Phi) is 9.08. The molecule has 1 N–H and O–H groups in total. The minimum absolute atomic E-state index is 0.130. The molecule has 0 aliphatic carbocycles. The highest BCUT2D eigenvalue weighted by molar-refractivity contribution is 9.11. The molecule has 0 spiro atoms. The monoisotopic (exact) mass is 714 g/mol. The molecule has 0 bridgehead atoms. The smallest absolute Gasteiger partial charge is 0.416 e. The van der Waals surface area contributed by atoms with E-state index in [4.69, 9.17) is 9.47 Å². The van der Waals surface area contributed by atoms with Gasteiger partial charge in [0.25, 0.3) is 0 Å². The molecule has 0 amide bonds. The third kappa shape index (κ3) is 7.07. The number of hydrazone groups is 1. The predicted octanol–water partition coefficient (Wildman–Crippen LogP) is 6.00. The van der Waals surface area contributed by atoms with E-state index in [1.54, 1.807) is 12.1 Å². The van der Waals surface area contributed by atoms with Gasteiger partial charge in [0, 0.05) is 32.2 Å². The van der Waals surface area contributed by atoms with Crippen LogP contribution in [-0.4, -0.2) is 65.5 Å². The highest BCUT2D eigenvalue weighted by atomic mass is 79.9. The molecule has 12 nitrogen and oxygen atoms in total. The molecule has 3 heterocycles. The van der Waals surface area contributed by atoms with Crippen LogP contribution in [0.15, 0.2) is 44.4 Å². The van der Waals surface area contributed by atoms with Crippen LogP contribution in [0.4, 0.5) is 36.7 Å². The molecule has 2 fully saturated rings. The van der Waals surface area contributed by atoms with Crippen molar-refractivity contribution in [3.05, 3.63) is 60.5 Å². The molecule has 3 aromatic rings. The van der Waals surface area contributed by atoms with Gasteiger partial charge in [0.15, 0.2) is 5.75 Å². The molecule has 0 unspecified atom stereocenters. The van der Waals surface area contributed by atoms with Crippen LogP contribution in [-0.2, 0) is 10.9 Å². The number of rotatable bonds is 8. The quantitative estimate of drug-likeness (QED) is 0.168. The zero-order valence-corrected chi connectivity index (χ0v) is 24.9. The van der Waals surface area contributed by atoms with E-state index < -0.39 is 22.4 Å². The van der Waals surface area contributed by atoms with Crippen LogP contribution in [0.2, 0.25) is 0 Å².